The molecule has 4 aromatic rings. The molecule has 0 aliphatic carbocycles. The Morgan fingerprint density at radius 2 is 2.03 bits per heavy atom. The van der Waals surface area contributed by atoms with E-state index in [1.807, 2.05) is 41.9 Å². The molecule has 170 valence electrons. The summed E-state index contributed by atoms with van der Waals surface area (Å²) < 4.78 is 2.00. The van der Waals surface area contributed by atoms with Gasteiger partial charge in [0.15, 0.2) is 10.3 Å². The fraction of sp³-hybridized carbons (Fsp3) is 0.304. The second-order valence-corrected chi connectivity index (χ2v) is 10.7. The van der Waals surface area contributed by atoms with Crippen molar-refractivity contribution >= 4 is 62.7 Å². The number of rotatable bonds is 7. The molecule has 0 bridgehead atoms. The Hall–Kier alpha value is -2.69. The number of aromatic nitrogens is 3. The maximum Gasteiger partial charge on any atom is 0.250 e. The Morgan fingerprint density at radius 1 is 1.18 bits per heavy atom. The highest BCUT2D eigenvalue weighted by molar-refractivity contribution is 7.99. The molecule has 0 unspecified atom stereocenters. The van der Waals surface area contributed by atoms with E-state index in [1.54, 1.807) is 28.9 Å². The first-order valence-electron chi connectivity index (χ1n) is 10.8. The maximum absolute atomic E-state index is 12.4. The van der Waals surface area contributed by atoms with Crippen molar-refractivity contribution < 1.29 is 4.79 Å². The number of piperidine rings is 1. The molecule has 33 heavy (non-hydrogen) atoms. The van der Waals surface area contributed by atoms with Crippen molar-refractivity contribution in [3.63, 3.8) is 0 Å². The van der Waals surface area contributed by atoms with E-state index in [0.717, 1.165) is 49.9 Å². The van der Waals surface area contributed by atoms with Crippen LogP contribution in [0.1, 0.15) is 24.1 Å². The summed E-state index contributed by atoms with van der Waals surface area (Å²) in [6, 6.07) is 12.0. The summed E-state index contributed by atoms with van der Waals surface area (Å²) in [6.07, 6.45) is 5.41. The van der Waals surface area contributed by atoms with E-state index in [9.17, 15) is 4.79 Å². The van der Waals surface area contributed by atoms with Crippen molar-refractivity contribution in [2.75, 3.05) is 23.7 Å². The third-order valence-corrected chi connectivity index (χ3v) is 8.43. The summed E-state index contributed by atoms with van der Waals surface area (Å²) in [4.78, 5) is 26.3. The highest BCUT2D eigenvalue weighted by atomic mass is 32.2. The number of nitrogens with one attached hydrogen (secondary N) is 1. The monoisotopic (exact) mass is 496 g/mol. The van der Waals surface area contributed by atoms with Crippen molar-refractivity contribution in [2.24, 2.45) is 12.1 Å². The van der Waals surface area contributed by atoms with Crippen LogP contribution in [-0.2, 0) is 11.8 Å². The van der Waals surface area contributed by atoms with Gasteiger partial charge in [-0.25, -0.2) is 15.4 Å². The van der Waals surface area contributed by atoms with Crippen LogP contribution in [0.2, 0.25) is 0 Å². The number of hydrogen-bond donors (Lipinski definition) is 1. The SMILES string of the molecule is Cn1c(SCC(=O)N/N=C/c2sc(N3CCCCC3)nc2-c2cccs2)nc2ccccc21. The van der Waals surface area contributed by atoms with Crippen LogP contribution < -0.4 is 10.3 Å². The highest BCUT2D eigenvalue weighted by Gasteiger charge is 2.19. The van der Waals surface area contributed by atoms with Crippen LogP contribution in [0.25, 0.3) is 21.6 Å². The van der Waals surface area contributed by atoms with E-state index in [-0.39, 0.29) is 11.7 Å². The molecule has 3 aromatic heterocycles. The van der Waals surface area contributed by atoms with Crippen LogP contribution in [-0.4, -0.2) is 45.5 Å². The second kappa shape index (κ2) is 10.1. The van der Waals surface area contributed by atoms with E-state index >= 15 is 0 Å². The first kappa shape index (κ1) is 22.1. The van der Waals surface area contributed by atoms with Crippen LogP contribution in [0.15, 0.2) is 52.0 Å². The van der Waals surface area contributed by atoms with Gasteiger partial charge in [0, 0.05) is 20.1 Å². The van der Waals surface area contributed by atoms with Gasteiger partial charge < -0.3 is 9.47 Å². The summed E-state index contributed by atoms with van der Waals surface area (Å²) in [7, 11) is 1.96. The Morgan fingerprint density at radius 3 is 2.82 bits per heavy atom. The molecule has 1 aromatic carbocycles. The molecule has 0 atom stereocenters. The molecule has 1 N–H and O–H groups in total. The number of aryl methyl sites for hydroxylation is 1. The predicted molar refractivity (Wildman–Crippen MR) is 139 cm³/mol. The molecule has 1 fully saturated rings. The summed E-state index contributed by atoms with van der Waals surface area (Å²) >= 11 is 4.70. The first-order chi connectivity index (χ1) is 16.2. The molecule has 0 radical (unpaired) electrons. The first-order valence-corrected chi connectivity index (χ1v) is 13.5. The zero-order valence-electron chi connectivity index (χ0n) is 18.2. The van der Waals surface area contributed by atoms with Crippen molar-refractivity contribution in [2.45, 2.75) is 24.4 Å². The number of thioether (sulfide) groups is 1. The normalized spacial score (nSPS) is 14.4. The number of amides is 1. The van der Waals surface area contributed by atoms with Gasteiger partial charge in [0.25, 0.3) is 5.91 Å². The topological polar surface area (TPSA) is 75.4 Å². The van der Waals surface area contributed by atoms with Gasteiger partial charge in [-0.3, -0.25) is 4.79 Å². The molecule has 4 heterocycles. The number of benzene rings is 1. The standard InChI is InChI=1S/C23H24N6OS3/c1-28-17-9-4-3-8-16(17)25-22(28)32-15-20(30)27-24-14-19-21(18-10-7-13-31-18)26-23(33-19)29-11-5-2-6-12-29/h3-4,7-10,13-14H,2,5-6,11-12,15H2,1H3,(H,27,30)/b24-14+. The van der Waals surface area contributed by atoms with Gasteiger partial charge in [-0.1, -0.05) is 41.3 Å². The van der Waals surface area contributed by atoms with Crippen LogP contribution in [0.3, 0.4) is 0 Å². The third-order valence-electron chi connectivity index (χ3n) is 5.47. The number of carbonyl (C=O) groups is 1. The van der Waals surface area contributed by atoms with Gasteiger partial charge in [0.1, 0.15) is 5.69 Å². The molecule has 10 heteroatoms. The summed E-state index contributed by atoms with van der Waals surface area (Å²) in [6.45, 7) is 2.09. The number of fused-ring (bicyclic) bond motifs is 1. The Labute approximate surface area is 204 Å². The van der Waals surface area contributed by atoms with E-state index in [4.69, 9.17) is 4.98 Å². The molecule has 0 saturated carbocycles. The molecule has 1 saturated heterocycles. The fourth-order valence-electron chi connectivity index (χ4n) is 3.80. The molecule has 1 amide bonds. The van der Waals surface area contributed by atoms with Crippen LogP contribution in [0.4, 0.5) is 5.13 Å². The zero-order valence-corrected chi connectivity index (χ0v) is 20.7. The molecular weight excluding hydrogens is 472 g/mol. The van der Waals surface area contributed by atoms with Crippen LogP contribution in [0.5, 0.6) is 0 Å². The lowest BCUT2D eigenvalue weighted by molar-refractivity contribution is -0.118. The molecule has 5 rings (SSSR count). The Balaban J connectivity index is 1.25. The van der Waals surface area contributed by atoms with E-state index in [1.165, 1.54) is 31.0 Å². The lowest BCUT2D eigenvalue weighted by Crippen LogP contribution is -2.29. The van der Waals surface area contributed by atoms with E-state index in [0.29, 0.717) is 0 Å². The number of nitrogens with zero attached hydrogens (tertiary/aromatic N) is 5. The smallest absolute Gasteiger partial charge is 0.250 e. The summed E-state index contributed by atoms with van der Waals surface area (Å²) in [5, 5.41) is 8.13. The minimum Gasteiger partial charge on any atom is -0.348 e. The van der Waals surface area contributed by atoms with Crippen molar-refractivity contribution in [1.82, 2.24) is 20.0 Å². The van der Waals surface area contributed by atoms with Gasteiger partial charge in [-0.05, 0) is 42.8 Å². The number of hydrazone groups is 1. The number of imidazole rings is 1. The number of anilines is 1. The maximum atomic E-state index is 12.4. The minimum absolute atomic E-state index is 0.165. The Bertz CT molecular complexity index is 1270. The molecule has 0 spiro atoms. The minimum atomic E-state index is -0.165. The van der Waals surface area contributed by atoms with E-state index < -0.39 is 0 Å². The van der Waals surface area contributed by atoms with Crippen molar-refractivity contribution in [1.29, 1.82) is 0 Å². The van der Waals surface area contributed by atoms with Crippen molar-refractivity contribution in [3.8, 4) is 10.6 Å². The Kier molecular flexibility index (Phi) is 6.75. The number of para-hydroxylation sites is 2. The highest BCUT2D eigenvalue weighted by Crippen LogP contribution is 2.35. The number of hydrogen-bond acceptors (Lipinski definition) is 8. The molecule has 1 aliphatic rings. The van der Waals surface area contributed by atoms with Crippen LogP contribution >= 0.6 is 34.4 Å². The average molecular weight is 497 g/mol. The van der Waals surface area contributed by atoms with Gasteiger partial charge >= 0.3 is 0 Å². The molecular formula is C23H24N6OS3. The quantitative estimate of drug-likeness (QED) is 0.222. The van der Waals surface area contributed by atoms with Gasteiger partial charge in [0.05, 0.1) is 32.8 Å². The fourth-order valence-corrected chi connectivity index (χ4v) is 6.37. The zero-order chi connectivity index (χ0) is 22.6. The lowest BCUT2D eigenvalue weighted by Gasteiger charge is -2.25. The van der Waals surface area contributed by atoms with Gasteiger partial charge in [-0.15, -0.1) is 11.3 Å². The van der Waals surface area contributed by atoms with Gasteiger partial charge in [0.2, 0.25) is 0 Å². The molecule has 1 aliphatic heterocycles. The van der Waals surface area contributed by atoms with Gasteiger partial charge in [-0.2, -0.15) is 5.10 Å². The summed E-state index contributed by atoms with van der Waals surface area (Å²) in [5.74, 6) is 0.0790. The third kappa shape index (κ3) is 4.97. The second-order valence-electron chi connectivity index (χ2n) is 7.76. The van der Waals surface area contributed by atoms with E-state index in [2.05, 4.69) is 31.9 Å². The van der Waals surface area contributed by atoms with Crippen LogP contribution in [0, 0.1) is 0 Å². The molecule has 7 nitrogen and oxygen atoms in total. The number of thiophene rings is 1. The number of thiazole rings is 1. The van der Waals surface area contributed by atoms with Crippen molar-refractivity contribution in [3.05, 3.63) is 46.7 Å². The largest absolute Gasteiger partial charge is 0.348 e. The number of carbonyl (C=O) groups excluding carboxylic acids is 1. The average Bonchev–Trinajstić information content (AvgIpc) is 3.58. The lowest BCUT2D eigenvalue weighted by atomic mass is 10.1. The predicted octanol–water partition coefficient (Wildman–Crippen LogP) is 4.99. The summed E-state index contributed by atoms with van der Waals surface area (Å²) in [5.41, 5.74) is 5.57.